The van der Waals surface area contributed by atoms with Crippen molar-refractivity contribution < 1.29 is 14.3 Å². The molecule has 1 aromatic heterocycles. The van der Waals surface area contributed by atoms with Crippen LogP contribution in [0.3, 0.4) is 0 Å². The molecule has 1 rings (SSSR count). The number of rotatable bonds is 6. The Morgan fingerprint density at radius 2 is 2.29 bits per heavy atom. The van der Waals surface area contributed by atoms with Crippen LogP contribution >= 0.6 is 11.3 Å². The van der Waals surface area contributed by atoms with Gasteiger partial charge in [-0.25, -0.2) is 4.79 Å². The van der Waals surface area contributed by atoms with Crippen molar-refractivity contribution in [3.63, 3.8) is 0 Å². The Labute approximate surface area is 105 Å². The second-order valence-corrected chi connectivity index (χ2v) is 4.79. The zero-order valence-electron chi connectivity index (χ0n) is 10.3. The Morgan fingerprint density at radius 3 is 2.88 bits per heavy atom. The lowest BCUT2D eigenvalue weighted by Crippen LogP contribution is -2.12. The number of hydrogen-bond donors (Lipinski definition) is 2. The molecule has 0 saturated carbocycles. The van der Waals surface area contributed by atoms with Gasteiger partial charge in [0.25, 0.3) is 0 Å². The van der Waals surface area contributed by atoms with Crippen molar-refractivity contribution in [3.05, 3.63) is 10.9 Å². The van der Waals surface area contributed by atoms with Crippen LogP contribution in [0.1, 0.15) is 23.5 Å². The van der Waals surface area contributed by atoms with Gasteiger partial charge in [0.05, 0.1) is 30.5 Å². The molecule has 0 atom stereocenters. The fourth-order valence-electron chi connectivity index (χ4n) is 1.21. The number of carbonyl (C=O) groups excluding carboxylic acids is 1. The van der Waals surface area contributed by atoms with Gasteiger partial charge < -0.3 is 20.5 Å². The average molecular weight is 258 g/mol. The van der Waals surface area contributed by atoms with E-state index in [-0.39, 0.29) is 6.10 Å². The van der Waals surface area contributed by atoms with Crippen LogP contribution in [0, 0.1) is 0 Å². The van der Waals surface area contributed by atoms with E-state index in [0.29, 0.717) is 23.7 Å². The van der Waals surface area contributed by atoms with E-state index < -0.39 is 5.97 Å². The van der Waals surface area contributed by atoms with E-state index in [1.807, 2.05) is 13.8 Å². The summed E-state index contributed by atoms with van der Waals surface area (Å²) in [5.74, 6) is -0.404. The third-order valence-corrected chi connectivity index (χ3v) is 3.07. The normalized spacial score (nSPS) is 10.6. The summed E-state index contributed by atoms with van der Waals surface area (Å²) in [5.41, 5.74) is 6.15. The van der Waals surface area contributed by atoms with Gasteiger partial charge in [-0.05, 0) is 19.9 Å². The highest BCUT2D eigenvalue weighted by Crippen LogP contribution is 2.29. The van der Waals surface area contributed by atoms with Crippen LogP contribution in [0.25, 0.3) is 0 Å². The smallest absolute Gasteiger partial charge is 0.350 e. The van der Waals surface area contributed by atoms with E-state index in [1.54, 1.807) is 6.07 Å². The second kappa shape index (κ2) is 6.46. The zero-order chi connectivity index (χ0) is 12.8. The first kappa shape index (κ1) is 13.8. The summed E-state index contributed by atoms with van der Waals surface area (Å²) in [6.07, 6.45) is 0.218. The molecule has 0 unspecified atom stereocenters. The summed E-state index contributed by atoms with van der Waals surface area (Å²) in [4.78, 5) is 11.8. The molecule has 0 bridgehead atoms. The lowest BCUT2D eigenvalue weighted by atomic mass is 10.4. The number of carbonyl (C=O) groups is 1. The largest absolute Gasteiger partial charge is 0.465 e. The Balaban J connectivity index is 2.47. The quantitative estimate of drug-likeness (QED) is 0.602. The van der Waals surface area contributed by atoms with Crippen molar-refractivity contribution >= 4 is 28.0 Å². The van der Waals surface area contributed by atoms with Crippen molar-refractivity contribution in [3.8, 4) is 0 Å². The molecule has 17 heavy (non-hydrogen) atoms. The van der Waals surface area contributed by atoms with Gasteiger partial charge in [0.1, 0.15) is 4.88 Å². The van der Waals surface area contributed by atoms with Crippen LogP contribution in [0.2, 0.25) is 0 Å². The molecule has 0 aromatic carbocycles. The van der Waals surface area contributed by atoms with Crippen LogP contribution in [0.5, 0.6) is 0 Å². The van der Waals surface area contributed by atoms with Gasteiger partial charge in [-0.15, -0.1) is 11.3 Å². The Hall–Kier alpha value is -1.27. The average Bonchev–Trinajstić information content (AvgIpc) is 2.65. The van der Waals surface area contributed by atoms with E-state index in [9.17, 15) is 4.79 Å². The molecule has 1 heterocycles. The number of hydrogen-bond acceptors (Lipinski definition) is 6. The van der Waals surface area contributed by atoms with E-state index in [2.05, 4.69) is 10.1 Å². The highest BCUT2D eigenvalue weighted by Gasteiger charge is 2.14. The van der Waals surface area contributed by atoms with E-state index in [1.165, 1.54) is 18.4 Å². The van der Waals surface area contributed by atoms with E-state index >= 15 is 0 Å². The van der Waals surface area contributed by atoms with Crippen LogP contribution in [0.15, 0.2) is 6.07 Å². The van der Waals surface area contributed by atoms with Crippen LogP contribution in [-0.4, -0.2) is 32.3 Å². The third kappa shape index (κ3) is 4.24. The van der Waals surface area contributed by atoms with Crippen LogP contribution in [0.4, 0.5) is 10.7 Å². The van der Waals surface area contributed by atoms with Crippen molar-refractivity contribution in [1.82, 2.24) is 0 Å². The summed E-state index contributed by atoms with van der Waals surface area (Å²) < 4.78 is 10.0. The number of anilines is 2. The van der Waals surface area contributed by atoms with Gasteiger partial charge in [0, 0.05) is 6.54 Å². The summed E-state index contributed by atoms with van der Waals surface area (Å²) >= 11 is 1.28. The lowest BCUT2D eigenvalue weighted by Gasteiger charge is -2.07. The molecule has 0 fully saturated rings. The maximum absolute atomic E-state index is 11.3. The molecule has 5 nitrogen and oxygen atoms in total. The standard InChI is InChI=1S/C11H18N2O3S/c1-7(2)16-5-4-13-9-6-8(12)10(17-9)11(14)15-3/h6-7,13H,4-5,12H2,1-3H3. The summed E-state index contributed by atoms with van der Waals surface area (Å²) in [6.45, 7) is 5.26. The SMILES string of the molecule is COC(=O)c1sc(NCCOC(C)C)cc1N. The number of methoxy groups -OCH3 is 1. The molecule has 3 N–H and O–H groups in total. The van der Waals surface area contributed by atoms with Gasteiger partial charge >= 0.3 is 5.97 Å². The molecule has 0 saturated heterocycles. The lowest BCUT2D eigenvalue weighted by molar-refractivity contribution is 0.0607. The molecule has 0 spiro atoms. The molecular formula is C11H18N2O3S. The van der Waals surface area contributed by atoms with Crippen LogP contribution < -0.4 is 11.1 Å². The monoisotopic (exact) mass is 258 g/mol. The van der Waals surface area contributed by atoms with Gasteiger partial charge in [0.2, 0.25) is 0 Å². The molecule has 0 amide bonds. The maximum Gasteiger partial charge on any atom is 0.350 e. The number of nitrogens with two attached hydrogens (primary N) is 1. The third-order valence-electron chi connectivity index (χ3n) is 1.98. The first-order chi connectivity index (χ1) is 8.04. The fourth-order valence-corrected chi connectivity index (χ4v) is 2.14. The molecule has 0 aliphatic carbocycles. The Morgan fingerprint density at radius 1 is 1.59 bits per heavy atom. The molecule has 6 heteroatoms. The zero-order valence-corrected chi connectivity index (χ0v) is 11.1. The molecule has 0 aliphatic rings. The molecule has 1 aromatic rings. The van der Waals surface area contributed by atoms with Crippen molar-refractivity contribution in [2.24, 2.45) is 0 Å². The first-order valence-electron chi connectivity index (χ1n) is 5.37. The Kier molecular flexibility index (Phi) is 5.24. The van der Waals surface area contributed by atoms with Gasteiger partial charge in [-0.2, -0.15) is 0 Å². The predicted molar refractivity (Wildman–Crippen MR) is 69.6 cm³/mol. The minimum atomic E-state index is -0.404. The van der Waals surface area contributed by atoms with Gasteiger partial charge in [-0.1, -0.05) is 0 Å². The molecule has 0 aliphatic heterocycles. The predicted octanol–water partition coefficient (Wildman–Crippen LogP) is 1.95. The fraction of sp³-hybridized carbons (Fsp3) is 0.545. The minimum absolute atomic E-state index is 0.218. The van der Waals surface area contributed by atoms with Crippen molar-refractivity contribution in [2.45, 2.75) is 20.0 Å². The van der Waals surface area contributed by atoms with Crippen molar-refractivity contribution in [1.29, 1.82) is 0 Å². The summed E-state index contributed by atoms with van der Waals surface area (Å²) in [6, 6.07) is 1.73. The highest BCUT2D eigenvalue weighted by molar-refractivity contribution is 7.18. The van der Waals surface area contributed by atoms with Gasteiger partial charge in [-0.3, -0.25) is 0 Å². The summed E-state index contributed by atoms with van der Waals surface area (Å²) in [5, 5.41) is 3.99. The highest BCUT2D eigenvalue weighted by atomic mass is 32.1. The van der Waals surface area contributed by atoms with E-state index in [0.717, 1.165) is 5.00 Å². The maximum atomic E-state index is 11.3. The van der Waals surface area contributed by atoms with Crippen LogP contribution in [-0.2, 0) is 9.47 Å². The molecular weight excluding hydrogens is 240 g/mol. The molecule has 0 radical (unpaired) electrons. The summed E-state index contributed by atoms with van der Waals surface area (Å²) in [7, 11) is 1.34. The second-order valence-electron chi connectivity index (χ2n) is 3.73. The number of nitrogen functional groups attached to an aromatic ring is 1. The number of thiophene rings is 1. The molecule has 96 valence electrons. The van der Waals surface area contributed by atoms with Gasteiger partial charge in [0.15, 0.2) is 0 Å². The minimum Gasteiger partial charge on any atom is -0.465 e. The Bertz CT molecular complexity index is 377. The van der Waals surface area contributed by atoms with Crippen molar-refractivity contribution in [2.75, 3.05) is 31.3 Å². The number of ether oxygens (including phenoxy) is 2. The first-order valence-corrected chi connectivity index (χ1v) is 6.19. The topological polar surface area (TPSA) is 73.6 Å². The number of nitrogens with one attached hydrogen (secondary N) is 1. The van der Waals surface area contributed by atoms with E-state index in [4.69, 9.17) is 10.5 Å². The number of esters is 1.